The van der Waals surface area contributed by atoms with E-state index in [1.807, 2.05) is 18.2 Å². The molecule has 1 aliphatic rings. The van der Waals surface area contributed by atoms with E-state index in [1.54, 1.807) is 6.42 Å². The fourth-order valence-corrected chi connectivity index (χ4v) is 1.41. The molecule has 1 nitrogen and oxygen atoms in total. The second-order valence-corrected chi connectivity index (χ2v) is 2.82. The molecule has 2 heteroatoms. The zero-order valence-corrected chi connectivity index (χ0v) is 9.62. The van der Waals surface area contributed by atoms with E-state index in [2.05, 4.69) is 6.07 Å². The van der Waals surface area contributed by atoms with Crippen LogP contribution in [0.3, 0.4) is 0 Å². The molecule has 0 spiro atoms. The van der Waals surface area contributed by atoms with Gasteiger partial charge in [-0.25, -0.2) is 0 Å². The van der Waals surface area contributed by atoms with Crippen molar-refractivity contribution in [1.82, 2.24) is 0 Å². The number of Topliss-reactive ketones (excluding diaryl/α,β-unsaturated/α-hetero) is 1. The molecule has 12 heavy (non-hydrogen) atoms. The maximum Gasteiger partial charge on any atom is 0.00350 e. The Morgan fingerprint density at radius 1 is 1.17 bits per heavy atom. The predicted octanol–water partition coefficient (Wildman–Crippen LogP) is 1.56. The maximum atomic E-state index is 11.0. The average molecular weight is 234 g/mol. The Balaban J connectivity index is 0.000000720. The first-order valence-electron chi connectivity index (χ1n) is 3.79. The number of carbonyl (C=O) groups is 1. The second kappa shape index (κ2) is 4.20. The molecule has 1 radical (unpaired) electrons. The number of fused-ring (bicyclic) bond motifs is 1. The molecule has 59 valence electrons. The zero-order chi connectivity index (χ0) is 7.68. The molecule has 0 amide bonds. The van der Waals surface area contributed by atoms with E-state index in [9.17, 15) is 4.79 Å². The molecule has 1 aromatic carbocycles. The number of rotatable bonds is 0. The van der Waals surface area contributed by atoms with Crippen molar-refractivity contribution in [3.05, 3.63) is 41.8 Å². The van der Waals surface area contributed by atoms with Gasteiger partial charge in [0, 0.05) is 44.9 Å². The predicted molar refractivity (Wildman–Crippen MR) is 43.2 cm³/mol. The Morgan fingerprint density at radius 3 is 2.58 bits per heavy atom. The van der Waals surface area contributed by atoms with E-state index in [-0.39, 0.29) is 38.5 Å². The molecule has 0 unspecified atom stereocenters. The summed E-state index contributed by atoms with van der Waals surface area (Å²) >= 11 is 0. The quantitative estimate of drug-likeness (QED) is 0.622. The summed E-state index contributed by atoms with van der Waals surface area (Å²) in [7, 11) is 0. The molecule has 0 fully saturated rings. The monoisotopic (exact) mass is 234 g/mol. The Morgan fingerprint density at radius 2 is 1.83 bits per heavy atom. The number of ketones is 1. The van der Waals surface area contributed by atoms with Crippen LogP contribution in [-0.2, 0) is 50.3 Å². The van der Waals surface area contributed by atoms with Gasteiger partial charge in [0.15, 0.2) is 0 Å². The minimum atomic E-state index is 0. The molecule has 0 aliphatic heterocycles. The number of hydrogen-bond acceptors (Lipinski definition) is 1. The van der Waals surface area contributed by atoms with Crippen LogP contribution in [0.4, 0.5) is 0 Å². The molecule has 1 aromatic rings. The Labute approximate surface area is 97.4 Å². The van der Waals surface area contributed by atoms with Crippen LogP contribution < -0.4 is 0 Å². The van der Waals surface area contributed by atoms with Crippen molar-refractivity contribution in [2.75, 3.05) is 0 Å². The molecule has 0 bridgehead atoms. The molecule has 1 aliphatic carbocycles. The third-order valence-electron chi connectivity index (χ3n) is 2.03. The van der Waals surface area contributed by atoms with Gasteiger partial charge in [0.25, 0.3) is 0 Å². The molecular weight excluding hydrogens is 225 g/mol. The van der Waals surface area contributed by atoms with E-state index in [1.165, 1.54) is 11.1 Å². The van der Waals surface area contributed by atoms with Gasteiger partial charge in [-0.2, -0.15) is 0 Å². The third kappa shape index (κ3) is 1.96. The third-order valence-corrected chi connectivity index (χ3v) is 2.03. The molecule has 0 saturated carbocycles. The Bertz CT molecular complexity index is 294. The van der Waals surface area contributed by atoms with E-state index in [0.717, 1.165) is 6.42 Å². The fourth-order valence-electron chi connectivity index (χ4n) is 1.41. The van der Waals surface area contributed by atoms with Crippen LogP contribution in [0.25, 0.3) is 0 Å². The number of benzene rings is 1. The SMILES string of the molecule is O=C1[CH-]Cc2ccccc2C1.[Y]. The molecule has 0 N–H and O–H groups in total. The van der Waals surface area contributed by atoms with Gasteiger partial charge >= 0.3 is 0 Å². The summed E-state index contributed by atoms with van der Waals surface area (Å²) in [6, 6.07) is 8.11. The van der Waals surface area contributed by atoms with E-state index < -0.39 is 0 Å². The van der Waals surface area contributed by atoms with Crippen molar-refractivity contribution in [3.8, 4) is 0 Å². The smallest absolute Gasteiger partial charge is 0.00350 e. The summed E-state index contributed by atoms with van der Waals surface area (Å²) in [5, 5.41) is 0. The largest absolute Gasteiger partial charge is 0.334 e. The Hall–Kier alpha value is -0.136. The van der Waals surface area contributed by atoms with Crippen LogP contribution in [0.15, 0.2) is 24.3 Å². The zero-order valence-electron chi connectivity index (χ0n) is 6.79. The topological polar surface area (TPSA) is 17.1 Å². The summed E-state index contributed by atoms with van der Waals surface area (Å²) in [6.07, 6.45) is 3.17. The Kier molecular flexibility index (Phi) is 3.48. The minimum Gasteiger partial charge on any atom is -0.334 e. The van der Waals surface area contributed by atoms with Gasteiger partial charge in [-0.15, -0.1) is 6.42 Å². The van der Waals surface area contributed by atoms with E-state index in [4.69, 9.17) is 0 Å². The van der Waals surface area contributed by atoms with E-state index >= 15 is 0 Å². The van der Waals surface area contributed by atoms with Gasteiger partial charge in [-0.1, -0.05) is 29.8 Å². The maximum absolute atomic E-state index is 11.0. The first-order valence-corrected chi connectivity index (χ1v) is 3.79. The van der Waals surface area contributed by atoms with E-state index in [0.29, 0.717) is 6.42 Å². The molecule has 0 aromatic heterocycles. The van der Waals surface area contributed by atoms with Gasteiger partial charge in [-0.3, -0.25) is 0 Å². The standard InChI is InChI=1S/C10H9O.Y/c11-10-6-5-8-3-1-2-4-9(8)7-10;/h1-4,6H,5,7H2;/q-1;. The number of hydrogen-bond donors (Lipinski definition) is 0. The molecule has 0 atom stereocenters. The van der Waals surface area contributed by atoms with Crippen molar-refractivity contribution >= 4 is 5.78 Å². The molecular formula is C10H9OY-. The van der Waals surface area contributed by atoms with Gasteiger partial charge < -0.3 is 11.2 Å². The van der Waals surface area contributed by atoms with Gasteiger partial charge in [0.2, 0.25) is 0 Å². The van der Waals surface area contributed by atoms with Crippen molar-refractivity contribution in [1.29, 1.82) is 0 Å². The van der Waals surface area contributed by atoms with Gasteiger partial charge in [0.05, 0.1) is 0 Å². The van der Waals surface area contributed by atoms with Crippen LogP contribution in [0.5, 0.6) is 0 Å². The normalized spacial score (nSPS) is 14.2. The average Bonchev–Trinajstić information content (AvgIpc) is 2.04. The van der Waals surface area contributed by atoms with Crippen LogP contribution in [0.1, 0.15) is 11.1 Å². The first kappa shape index (κ1) is 9.95. The van der Waals surface area contributed by atoms with Crippen LogP contribution >= 0.6 is 0 Å². The van der Waals surface area contributed by atoms with Crippen molar-refractivity contribution in [2.24, 2.45) is 0 Å². The minimum absolute atomic E-state index is 0. The van der Waals surface area contributed by atoms with Crippen molar-refractivity contribution in [2.45, 2.75) is 12.8 Å². The molecule has 0 heterocycles. The van der Waals surface area contributed by atoms with Crippen molar-refractivity contribution < 1.29 is 37.5 Å². The second-order valence-electron chi connectivity index (χ2n) is 2.82. The summed E-state index contributed by atoms with van der Waals surface area (Å²) < 4.78 is 0. The summed E-state index contributed by atoms with van der Waals surface area (Å²) in [4.78, 5) is 11.0. The molecule has 2 rings (SSSR count). The van der Waals surface area contributed by atoms with Gasteiger partial charge in [0.1, 0.15) is 0 Å². The summed E-state index contributed by atoms with van der Waals surface area (Å²) in [6.45, 7) is 0. The first-order chi connectivity index (χ1) is 5.36. The molecule has 0 saturated heterocycles. The summed E-state index contributed by atoms with van der Waals surface area (Å²) in [5.41, 5.74) is 2.49. The van der Waals surface area contributed by atoms with Crippen LogP contribution in [-0.4, -0.2) is 5.78 Å². The van der Waals surface area contributed by atoms with Crippen LogP contribution in [0.2, 0.25) is 0 Å². The number of carbonyl (C=O) groups excluding carboxylic acids is 1. The van der Waals surface area contributed by atoms with Gasteiger partial charge in [-0.05, 0) is 5.56 Å². The fraction of sp³-hybridized carbons (Fsp3) is 0.200. The summed E-state index contributed by atoms with van der Waals surface area (Å²) in [5.74, 6) is 0.253. The van der Waals surface area contributed by atoms with Crippen molar-refractivity contribution in [3.63, 3.8) is 0 Å². The van der Waals surface area contributed by atoms with Crippen LogP contribution in [0, 0.1) is 6.42 Å².